The van der Waals surface area contributed by atoms with Gasteiger partial charge in [0.05, 0.1) is 12.8 Å². The van der Waals surface area contributed by atoms with E-state index in [1.54, 1.807) is 7.11 Å². The first-order chi connectivity index (χ1) is 11.3. The molecule has 0 bridgehead atoms. The van der Waals surface area contributed by atoms with Gasteiger partial charge in [-0.3, -0.25) is 4.79 Å². The van der Waals surface area contributed by atoms with Crippen LogP contribution < -0.4 is 4.74 Å². The summed E-state index contributed by atoms with van der Waals surface area (Å²) in [4.78, 5) is 14.9. The average molecular weight is 315 g/mol. The van der Waals surface area contributed by atoms with Crippen LogP contribution in [-0.4, -0.2) is 30.9 Å². The fraction of sp³-hybridized carbons (Fsp3) is 0.550. The van der Waals surface area contributed by atoms with Crippen molar-refractivity contribution in [3.63, 3.8) is 0 Å². The quantitative estimate of drug-likeness (QED) is 0.457. The maximum Gasteiger partial charge on any atom is 0.208 e. The molecule has 3 nitrogen and oxygen atoms in total. The van der Waals surface area contributed by atoms with Crippen LogP contribution in [0.4, 0.5) is 0 Å². The van der Waals surface area contributed by atoms with E-state index in [0.717, 1.165) is 36.5 Å². The molecule has 0 spiro atoms. The lowest BCUT2D eigenvalue weighted by molar-refractivity contribution is 0.0996. The minimum Gasteiger partial charge on any atom is -0.497 e. The topological polar surface area (TPSA) is 29.5 Å². The molecule has 0 atom stereocenters. The van der Waals surface area contributed by atoms with E-state index in [2.05, 4.69) is 17.9 Å². The van der Waals surface area contributed by atoms with Crippen LogP contribution in [0.15, 0.2) is 36.0 Å². The molecule has 0 N–H and O–H groups in total. The molecule has 3 heteroatoms. The Morgan fingerprint density at radius 2 is 1.78 bits per heavy atom. The van der Waals surface area contributed by atoms with Gasteiger partial charge in [-0.25, -0.2) is 0 Å². The van der Waals surface area contributed by atoms with Gasteiger partial charge in [-0.2, -0.15) is 0 Å². The highest BCUT2D eigenvalue weighted by atomic mass is 16.5. The first-order valence-corrected chi connectivity index (χ1v) is 8.90. The van der Waals surface area contributed by atoms with Crippen LogP contribution in [-0.2, 0) is 0 Å². The van der Waals surface area contributed by atoms with Crippen molar-refractivity contribution < 1.29 is 9.53 Å². The van der Waals surface area contributed by atoms with E-state index in [1.165, 1.54) is 38.5 Å². The van der Waals surface area contributed by atoms with Gasteiger partial charge in [0.1, 0.15) is 5.75 Å². The Balaban J connectivity index is 1.84. The van der Waals surface area contributed by atoms with Crippen LogP contribution in [0.25, 0.3) is 0 Å². The van der Waals surface area contributed by atoms with Gasteiger partial charge < -0.3 is 9.64 Å². The third-order valence-electron chi connectivity index (χ3n) is 4.44. The van der Waals surface area contributed by atoms with E-state index < -0.39 is 0 Å². The number of ether oxygens (including phenoxy) is 1. The molecular weight excluding hydrogens is 286 g/mol. The van der Waals surface area contributed by atoms with Gasteiger partial charge >= 0.3 is 0 Å². The van der Waals surface area contributed by atoms with Crippen LogP contribution in [0.1, 0.15) is 62.2 Å². The normalized spacial score (nSPS) is 14.0. The molecule has 1 heterocycles. The van der Waals surface area contributed by atoms with Crippen molar-refractivity contribution in [3.05, 3.63) is 41.6 Å². The number of hydrogen-bond acceptors (Lipinski definition) is 3. The number of methoxy groups -OCH3 is 1. The average Bonchev–Trinajstić information content (AvgIpc) is 3.06. The third kappa shape index (κ3) is 5.12. The molecule has 0 saturated heterocycles. The number of unbranched alkanes of at least 4 members (excludes halogenated alkanes) is 5. The first kappa shape index (κ1) is 17.6. The van der Waals surface area contributed by atoms with Crippen molar-refractivity contribution in [2.75, 3.05) is 20.2 Å². The number of allylic oxidation sites excluding steroid dienone is 1. The fourth-order valence-corrected chi connectivity index (χ4v) is 3.05. The number of carbonyl (C=O) groups excluding carboxylic acids is 1. The van der Waals surface area contributed by atoms with Crippen molar-refractivity contribution in [3.8, 4) is 5.75 Å². The molecule has 0 saturated carbocycles. The monoisotopic (exact) mass is 315 g/mol. The van der Waals surface area contributed by atoms with Crippen LogP contribution in [0.5, 0.6) is 5.75 Å². The van der Waals surface area contributed by atoms with Crippen molar-refractivity contribution in [2.45, 2.75) is 51.9 Å². The van der Waals surface area contributed by atoms with Gasteiger partial charge in [0.15, 0.2) is 0 Å². The number of Topliss-reactive ketones (excluding diaryl/α,β-unsaturated/α-hetero) is 1. The Kier molecular flexibility index (Phi) is 7.18. The highest BCUT2D eigenvalue weighted by Gasteiger charge is 2.22. The molecule has 1 aromatic carbocycles. The predicted molar refractivity (Wildman–Crippen MR) is 95.0 cm³/mol. The molecule has 1 aliphatic rings. The molecule has 1 aromatic rings. The summed E-state index contributed by atoms with van der Waals surface area (Å²) in [6.07, 6.45) is 10.8. The number of nitrogens with zero attached hydrogens (tertiary/aromatic N) is 1. The molecule has 0 fully saturated rings. The molecule has 0 aliphatic carbocycles. The summed E-state index contributed by atoms with van der Waals surface area (Å²) < 4.78 is 5.15. The molecule has 2 rings (SSSR count). The van der Waals surface area contributed by atoms with Crippen LogP contribution in [0, 0.1) is 0 Å². The van der Waals surface area contributed by atoms with Crippen LogP contribution in [0.3, 0.4) is 0 Å². The highest BCUT2D eigenvalue weighted by Crippen LogP contribution is 2.22. The third-order valence-corrected chi connectivity index (χ3v) is 4.44. The molecule has 1 aliphatic heterocycles. The second kappa shape index (κ2) is 9.39. The molecule has 0 amide bonds. The van der Waals surface area contributed by atoms with E-state index in [9.17, 15) is 4.79 Å². The van der Waals surface area contributed by atoms with Gasteiger partial charge in [-0.15, -0.1) is 0 Å². The summed E-state index contributed by atoms with van der Waals surface area (Å²) in [6.45, 7) is 4.22. The van der Waals surface area contributed by atoms with Crippen LogP contribution in [0.2, 0.25) is 0 Å². The second-order valence-electron chi connectivity index (χ2n) is 6.19. The number of ketones is 1. The lowest BCUT2D eigenvalue weighted by atomic mass is 10.1. The van der Waals surface area contributed by atoms with Crippen molar-refractivity contribution in [1.29, 1.82) is 0 Å². The van der Waals surface area contributed by atoms with Gasteiger partial charge in [0.2, 0.25) is 5.78 Å². The lowest BCUT2D eigenvalue weighted by Gasteiger charge is -2.21. The Morgan fingerprint density at radius 3 is 2.48 bits per heavy atom. The Hall–Kier alpha value is -1.77. The number of benzene rings is 1. The van der Waals surface area contributed by atoms with Gasteiger partial charge in [-0.05, 0) is 37.1 Å². The molecule has 0 unspecified atom stereocenters. The van der Waals surface area contributed by atoms with Crippen molar-refractivity contribution in [2.24, 2.45) is 0 Å². The summed E-state index contributed by atoms with van der Waals surface area (Å²) in [5.41, 5.74) is 1.62. The first-order valence-electron chi connectivity index (χ1n) is 8.90. The van der Waals surface area contributed by atoms with E-state index in [-0.39, 0.29) is 5.78 Å². The van der Waals surface area contributed by atoms with E-state index >= 15 is 0 Å². The molecule has 0 radical (unpaired) electrons. The largest absolute Gasteiger partial charge is 0.497 e. The van der Waals surface area contributed by atoms with Crippen molar-refractivity contribution in [1.82, 2.24) is 4.90 Å². The van der Waals surface area contributed by atoms with Gasteiger partial charge in [-0.1, -0.05) is 45.1 Å². The zero-order valence-corrected chi connectivity index (χ0v) is 14.5. The highest BCUT2D eigenvalue weighted by molar-refractivity contribution is 6.08. The zero-order valence-electron chi connectivity index (χ0n) is 14.5. The van der Waals surface area contributed by atoms with E-state index in [0.29, 0.717) is 0 Å². The molecular formula is C20H29NO2. The minimum atomic E-state index is 0.135. The number of hydrogen-bond donors (Lipinski definition) is 0. The predicted octanol–water partition coefficient (Wildman–Crippen LogP) is 4.83. The van der Waals surface area contributed by atoms with Gasteiger partial charge in [0, 0.05) is 18.7 Å². The Morgan fingerprint density at radius 1 is 1.09 bits per heavy atom. The summed E-state index contributed by atoms with van der Waals surface area (Å²) in [5.74, 6) is 0.919. The standard InChI is InChI=1S/C20H29NO2/c1-3-4-5-6-7-8-15-21-16-9-10-19(21)20(22)17-11-13-18(23-2)14-12-17/h10-14H,3-9,15-16H2,1-2H3. The maximum absolute atomic E-state index is 12.7. The van der Waals surface area contributed by atoms with Crippen molar-refractivity contribution >= 4 is 5.78 Å². The summed E-state index contributed by atoms with van der Waals surface area (Å²) in [6, 6.07) is 7.40. The SMILES string of the molecule is CCCCCCCCN1CCC=C1C(=O)c1ccc(OC)cc1. The summed E-state index contributed by atoms with van der Waals surface area (Å²) in [5, 5.41) is 0. The summed E-state index contributed by atoms with van der Waals surface area (Å²) >= 11 is 0. The molecule has 23 heavy (non-hydrogen) atoms. The minimum absolute atomic E-state index is 0.135. The van der Waals surface area contributed by atoms with E-state index in [1.807, 2.05) is 24.3 Å². The summed E-state index contributed by atoms with van der Waals surface area (Å²) in [7, 11) is 1.64. The second-order valence-corrected chi connectivity index (χ2v) is 6.19. The molecule has 0 aromatic heterocycles. The Bertz CT molecular complexity index is 519. The number of rotatable bonds is 10. The van der Waals surface area contributed by atoms with E-state index in [4.69, 9.17) is 4.74 Å². The smallest absolute Gasteiger partial charge is 0.208 e. The van der Waals surface area contributed by atoms with Gasteiger partial charge in [0.25, 0.3) is 0 Å². The Labute approximate surface area is 140 Å². The lowest BCUT2D eigenvalue weighted by Crippen LogP contribution is -2.25. The van der Waals surface area contributed by atoms with Crippen LogP contribution >= 0.6 is 0 Å². The number of carbonyl (C=O) groups is 1. The maximum atomic E-state index is 12.7. The molecule has 126 valence electrons. The fourth-order valence-electron chi connectivity index (χ4n) is 3.05. The zero-order chi connectivity index (χ0) is 16.5.